The molecule has 98 valence electrons. The summed E-state index contributed by atoms with van der Waals surface area (Å²) >= 11 is 2.17. The number of halogens is 1. The Labute approximate surface area is 119 Å². The number of esters is 1. The second-order valence-corrected chi connectivity index (χ2v) is 5.05. The first-order valence-corrected chi connectivity index (χ1v) is 7.39. The first-order chi connectivity index (χ1) is 8.70. The minimum absolute atomic E-state index is 0.234. The zero-order chi connectivity index (χ0) is 13.0. The molecule has 0 aliphatic carbocycles. The lowest BCUT2D eigenvalue weighted by Crippen LogP contribution is -2.42. The van der Waals surface area contributed by atoms with E-state index in [1.807, 2.05) is 6.07 Å². The van der Waals surface area contributed by atoms with Gasteiger partial charge in [-0.25, -0.2) is 4.79 Å². The van der Waals surface area contributed by atoms with E-state index in [1.165, 1.54) is 0 Å². The lowest BCUT2D eigenvalue weighted by molar-refractivity contribution is -0.190. The molecule has 0 unspecified atom stereocenters. The molecule has 1 aliphatic heterocycles. The number of carbonyl (C=O) groups excluding carboxylic acids is 1. The van der Waals surface area contributed by atoms with Crippen LogP contribution in [0.4, 0.5) is 0 Å². The minimum atomic E-state index is -0.739. The Hall–Kier alpha value is -0.660. The summed E-state index contributed by atoms with van der Waals surface area (Å²) in [5, 5.41) is 9.41. The second kappa shape index (κ2) is 6.49. The van der Waals surface area contributed by atoms with Crippen LogP contribution in [0.3, 0.4) is 0 Å². The van der Waals surface area contributed by atoms with Crippen molar-refractivity contribution >= 4 is 28.6 Å². The van der Waals surface area contributed by atoms with E-state index < -0.39 is 6.29 Å². The molecule has 2 rings (SSSR count). The number of carbonyl (C=O) groups is 1. The first-order valence-electron chi connectivity index (χ1n) is 5.86. The summed E-state index contributed by atoms with van der Waals surface area (Å²) < 4.78 is 11.5. The SMILES string of the molecule is O=C(O[C@@H]1CC[C@H](O)O[C@H]1CI)c1ccccc1. The van der Waals surface area contributed by atoms with Gasteiger partial charge in [0.25, 0.3) is 0 Å². The maximum Gasteiger partial charge on any atom is 0.338 e. The third kappa shape index (κ3) is 3.43. The predicted octanol–water partition coefficient (Wildman–Crippen LogP) is 2.14. The summed E-state index contributed by atoms with van der Waals surface area (Å²) in [6.07, 6.45) is -0.121. The molecule has 1 aromatic carbocycles. The van der Waals surface area contributed by atoms with Gasteiger partial charge in [-0.15, -0.1) is 0 Å². The summed E-state index contributed by atoms with van der Waals surface area (Å²) in [4.78, 5) is 11.9. The van der Waals surface area contributed by atoms with Crippen molar-refractivity contribution in [3.8, 4) is 0 Å². The van der Waals surface area contributed by atoms with Crippen molar-refractivity contribution in [1.82, 2.24) is 0 Å². The molecule has 0 aromatic heterocycles. The highest BCUT2D eigenvalue weighted by atomic mass is 127. The number of alkyl halides is 1. The van der Waals surface area contributed by atoms with Gasteiger partial charge in [0.15, 0.2) is 6.29 Å². The highest BCUT2D eigenvalue weighted by Gasteiger charge is 2.32. The van der Waals surface area contributed by atoms with Crippen molar-refractivity contribution in [1.29, 1.82) is 0 Å². The molecular weight excluding hydrogens is 347 g/mol. The minimum Gasteiger partial charge on any atom is -0.456 e. The van der Waals surface area contributed by atoms with E-state index in [9.17, 15) is 9.90 Å². The molecular formula is C13H15IO4. The van der Waals surface area contributed by atoms with Crippen molar-refractivity contribution in [2.24, 2.45) is 0 Å². The van der Waals surface area contributed by atoms with Gasteiger partial charge in [-0.05, 0) is 18.6 Å². The van der Waals surface area contributed by atoms with Crippen molar-refractivity contribution in [3.05, 3.63) is 35.9 Å². The molecule has 1 N–H and O–H groups in total. The van der Waals surface area contributed by atoms with E-state index in [1.54, 1.807) is 24.3 Å². The Morgan fingerprint density at radius 1 is 1.39 bits per heavy atom. The van der Waals surface area contributed by atoms with Crippen LogP contribution in [0.2, 0.25) is 0 Å². The molecule has 1 saturated heterocycles. The zero-order valence-corrected chi connectivity index (χ0v) is 11.9. The fraction of sp³-hybridized carbons (Fsp3) is 0.462. The van der Waals surface area contributed by atoms with E-state index in [4.69, 9.17) is 9.47 Å². The van der Waals surface area contributed by atoms with Crippen molar-refractivity contribution in [2.45, 2.75) is 31.3 Å². The van der Waals surface area contributed by atoms with Gasteiger partial charge in [-0.3, -0.25) is 0 Å². The van der Waals surface area contributed by atoms with Gasteiger partial charge >= 0.3 is 5.97 Å². The quantitative estimate of drug-likeness (QED) is 0.509. The largest absolute Gasteiger partial charge is 0.456 e. The van der Waals surface area contributed by atoms with E-state index in [-0.39, 0.29) is 18.2 Å². The zero-order valence-electron chi connectivity index (χ0n) is 9.79. The summed E-state index contributed by atoms with van der Waals surface area (Å²) in [5.74, 6) is -0.338. The molecule has 1 aromatic rings. The van der Waals surface area contributed by atoms with Gasteiger partial charge in [-0.2, -0.15) is 0 Å². The third-order valence-electron chi connectivity index (χ3n) is 2.86. The Balaban J connectivity index is 1.98. The second-order valence-electron chi connectivity index (χ2n) is 4.17. The van der Waals surface area contributed by atoms with Gasteiger partial charge in [-0.1, -0.05) is 40.8 Å². The van der Waals surface area contributed by atoms with Gasteiger partial charge in [0, 0.05) is 10.8 Å². The third-order valence-corrected chi connectivity index (χ3v) is 3.73. The van der Waals surface area contributed by atoms with Crippen LogP contribution in [-0.4, -0.2) is 34.0 Å². The molecule has 5 heteroatoms. The van der Waals surface area contributed by atoms with Gasteiger partial charge in [0.1, 0.15) is 12.2 Å². The van der Waals surface area contributed by atoms with E-state index >= 15 is 0 Å². The van der Waals surface area contributed by atoms with Gasteiger partial charge < -0.3 is 14.6 Å². The van der Waals surface area contributed by atoms with E-state index in [2.05, 4.69) is 22.6 Å². The van der Waals surface area contributed by atoms with Crippen LogP contribution in [0.15, 0.2) is 30.3 Å². The smallest absolute Gasteiger partial charge is 0.338 e. The Morgan fingerprint density at radius 3 is 2.78 bits per heavy atom. The van der Waals surface area contributed by atoms with Crippen LogP contribution in [0, 0.1) is 0 Å². The number of ether oxygens (including phenoxy) is 2. The molecule has 3 atom stereocenters. The van der Waals surface area contributed by atoms with Crippen LogP contribution in [-0.2, 0) is 9.47 Å². The van der Waals surface area contributed by atoms with E-state index in [0.29, 0.717) is 22.8 Å². The Kier molecular flexibility index (Phi) is 4.96. The van der Waals surface area contributed by atoms with Crippen LogP contribution >= 0.6 is 22.6 Å². The molecule has 1 aliphatic rings. The molecule has 4 nitrogen and oxygen atoms in total. The van der Waals surface area contributed by atoms with Gasteiger partial charge in [0.05, 0.1) is 5.56 Å². The molecule has 0 spiro atoms. The Bertz CT molecular complexity index is 395. The highest BCUT2D eigenvalue weighted by molar-refractivity contribution is 14.1. The number of hydrogen-bond acceptors (Lipinski definition) is 4. The predicted molar refractivity (Wildman–Crippen MR) is 74.6 cm³/mol. The van der Waals surface area contributed by atoms with Crippen molar-refractivity contribution in [3.63, 3.8) is 0 Å². The maximum atomic E-state index is 11.9. The van der Waals surface area contributed by atoms with Crippen molar-refractivity contribution < 1.29 is 19.4 Å². The first kappa shape index (κ1) is 13.8. The summed E-state index contributed by atoms with van der Waals surface area (Å²) in [6, 6.07) is 8.89. The average molecular weight is 362 g/mol. The summed E-state index contributed by atoms with van der Waals surface area (Å²) in [6.45, 7) is 0. The molecule has 0 radical (unpaired) electrons. The Morgan fingerprint density at radius 2 is 2.11 bits per heavy atom. The van der Waals surface area contributed by atoms with Crippen LogP contribution in [0.5, 0.6) is 0 Å². The van der Waals surface area contributed by atoms with Crippen molar-refractivity contribution in [2.75, 3.05) is 4.43 Å². The normalized spacial score (nSPS) is 27.8. The molecule has 0 bridgehead atoms. The summed E-state index contributed by atoms with van der Waals surface area (Å²) in [7, 11) is 0. The lowest BCUT2D eigenvalue weighted by Gasteiger charge is -2.32. The molecule has 18 heavy (non-hydrogen) atoms. The fourth-order valence-electron chi connectivity index (χ4n) is 1.90. The van der Waals surface area contributed by atoms with Gasteiger partial charge in [0.2, 0.25) is 0 Å². The topological polar surface area (TPSA) is 55.8 Å². The summed E-state index contributed by atoms with van der Waals surface area (Å²) in [5.41, 5.74) is 0.538. The molecule has 1 fully saturated rings. The maximum absolute atomic E-state index is 11.9. The molecule has 0 amide bonds. The molecule has 1 heterocycles. The number of aliphatic hydroxyl groups excluding tert-OH is 1. The van der Waals surface area contributed by atoms with E-state index in [0.717, 1.165) is 0 Å². The monoisotopic (exact) mass is 362 g/mol. The number of aliphatic hydroxyl groups is 1. The number of rotatable bonds is 3. The highest BCUT2D eigenvalue weighted by Crippen LogP contribution is 2.23. The number of benzene rings is 1. The van der Waals surface area contributed by atoms with Crippen LogP contribution < -0.4 is 0 Å². The lowest BCUT2D eigenvalue weighted by atomic mass is 10.1. The fourth-order valence-corrected chi connectivity index (χ4v) is 2.68. The number of hydrogen-bond donors (Lipinski definition) is 1. The molecule has 0 saturated carbocycles. The average Bonchev–Trinajstić information content (AvgIpc) is 2.41. The van der Waals surface area contributed by atoms with Crippen LogP contribution in [0.1, 0.15) is 23.2 Å². The van der Waals surface area contributed by atoms with Crippen LogP contribution in [0.25, 0.3) is 0 Å². The standard InChI is InChI=1S/C13H15IO4/c14-8-11-10(6-7-12(15)17-11)18-13(16)9-4-2-1-3-5-9/h1-5,10-12,15H,6-8H2/t10-,11+,12-/m1/s1.